The molecule has 0 saturated carbocycles. The summed E-state index contributed by atoms with van der Waals surface area (Å²) in [5.41, 5.74) is 3.06. The van der Waals surface area contributed by atoms with Gasteiger partial charge in [0, 0.05) is 9.50 Å². The Hall–Kier alpha value is -2.51. The van der Waals surface area contributed by atoms with E-state index >= 15 is 0 Å². The summed E-state index contributed by atoms with van der Waals surface area (Å²) in [6.07, 6.45) is 1.52. The Balaban J connectivity index is 1.76. The van der Waals surface area contributed by atoms with Crippen LogP contribution in [0.1, 0.15) is 11.1 Å². The highest BCUT2D eigenvalue weighted by molar-refractivity contribution is 9.10. The van der Waals surface area contributed by atoms with Gasteiger partial charge in [0.25, 0.3) is 5.56 Å². The number of rotatable bonds is 3. The zero-order valence-electron chi connectivity index (χ0n) is 13.7. The Kier molecular flexibility index (Phi) is 4.34. The number of aryl methyl sites for hydroxylation is 1. The summed E-state index contributed by atoms with van der Waals surface area (Å²) in [5, 5.41) is 8.73. The predicted octanol–water partition coefficient (Wildman–Crippen LogP) is 3.75. The van der Waals surface area contributed by atoms with Crippen molar-refractivity contribution >= 4 is 38.7 Å². The molecule has 4 rings (SSSR count). The predicted molar refractivity (Wildman–Crippen MR) is 104 cm³/mol. The van der Waals surface area contributed by atoms with Crippen LogP contribution in [0.15, 0.2) is 58.1 Å². The number of hydrogen-bond donors (Lipinski definition) is 0. The van der Waals surface area contributed by atoms with E-state index in [0.29, 0.717) is 22.9 Å². The molecule has 4 aromatic rings. The van der Waals surface area contributed by atoms with E-state index in [1.165, 1.54) is 15.6 Å². The second kappa shape index (κ2) is 6.66. The monoisotopic (exact) mass is 429 g/mol. The molecule has 0 aliphatic carbocycles. The van der Waals surface area contributed by atoms with Gasteiger partial charge in [-0.1, -0.05) is 50.9 Å². The zero-order chi connectivity index (χ0) is 18.3. The lowest BCUT2D eigenvalue weighted by molar-refractivity contribution is 0.745. The van der Waals surface area contributed by atoms with Crippen LogP contribution >= 0.6 is 27.5 Å². The molecule has 26 heavy (non-hydrogen) atoms. The average molecular weight is 431 g/mol. The van der Waals surface area contributed by atoms with Crippen molar-refractivity contribution in [2.75, 3.05) is 0 Å². The minimum Gasteiger partial charge on any atom is -0.293 e. The first-order valence-electron chi connectivity index (χ1n) is 7.85. The van der Waals surface area contributed by atoms with Crippen LogP contribution in [0.5, 0.6) is 0 Å². The maximum Gasteiger partial charge on any atom is 0.283 e. The fraction of sp³-hybridized carbons (Fsp3) is 0.111. The molecule has 0 amide bonds. The summed E-state index contributed by atoms with van der Waals surface area (Å²) in [7, 11) is 0. The number of nitrogens with zero attached hydrogens (tertiary/aromatic N) is 5. The van der Waals surface area contributed by atoms with Crippen molar-refractivity contribution in [3.05, 3.63) is 79.8 Å². The number of hydrogen-bond acceptors (Lipinski definition) is 4. The molecule has 0 bridgehead atoms. The largest absolute Gasteiger partial charge is 0.293 e. The van der Waals surface area contributed by atoms with E-state index in [4.69, 9.17) is 11.6 Å². The molecule has 0 fully saturated rings. The molecule has 0 radical (unpaired) electrons. The first-order chi connectivity index (χ1) is 12.5. The molecule has 130 valence electrons. The Bertz CT molecular complexity index is 1170. The van der Waals surface area contributed by atoms with Crippen molar-refractivity contribution in [1.29, 1.82) is 0 Å². The van der Waals surface area contributed by atoms with Gasteiger partial charge in [0.15, 0.2) is 11.2 Å². The number of benzene rings is 2. The van der Waals surface area contributed by atoms with E-state index < -0.39 is 0 Å². The Morgan fingerprint density at radius 2 is 1.92 bits per heavy atom. The minimum absolute atomic E-state index is 0.223. The zero-order valence-corrected chi connectivity index (χ0v) is 16.1. The third-order valence-corrected chi connectivity index (χ3v) is 5.03. The lowest BCUT2D eigenvalue weighted by atomic mass is 10.2. The molecule has 2 aromatic carbocycles. The fourth-order valence-corrected chi connectivity index (χ4v) is 3.07. The Morgan fingerprint density at radius 3 is 2.65 bits per heavy atom. The maximum absolute atomic E-state index is 12.7. The van der Waals surface area contributed by atoms with Crippen molar-refractivity contribution in [2.45, 2.75) is 13.5 Å². The van der Waals surface area contributed by atoms with E-state index in [1.54, 1.807) is 6.07 Å². The summed E-state index contributed by atoms with van der Waals surface area (Å²) in [6, 6.07) is 13.3. The summed E-state index contributed by atoms with van der Waals surface area (Å²) < 4.78 is 4.03. The van der Waals surface area contributed by atoms with Crippen LogP contribution in [-0.4, -0.2) is 24.5 Å². The first-order valence-corrected chi connectivity index (χ1v) is 9.02. The van der Waals surface area contributed by atoms with Crippen LogP contribution in [0.25, 0.3) is 16.9 Å². The first kappa shape index (κ1) is 16.9. The van der Waals surface area contributed by atoms with Gasteiger partial charge in [-0.15, -0.1) is 5.10 Å². The van der Waals surface area contributed by atoms with Crippen LogP contribution in [-0.2, 0) is 6.54 Å². The van der Waals surface area contributed by atoms with Crippen LogP contribution < -0.4 is 5.56 Å². The molecular weight excluding hydrogens is 418 g/mol. The molecule has 0 saturated heterocycles. The van der Waals surface area contributed by atoms with Gasteiger partial charge >= 0.3 is 0 Å². The van der Waals surface area contributed by atoms with Crippen molar-refractivity contribution < 1.29 is 0 Å². The molecular formula is C18H13BrClN5O. The van der Waals surface area contributed by atoms with Gasteiger partial charge in [-0.3, -0.25) is 9.36 Å². The standard InChI is InChI=1S/C18H13BrClN5O/c1-11-2-7-14(8-15(11)20)25-17-16(22-23-25)18(26)24(10-21-17)9-12-3-5-13(19)6-4-12/h2-8,10H,9H2,1H3. The molecule has 8 heteroatoms. The van der Waals surface area contributed by atoms with Gasteiger partial charge < -0.3 is 0 Å². The highest BCUT2D eigenvalue weighted by atomic mass is 79.9. The van der Waals surface area contributed by atoms with E-state index in [0.717, 1.165) is 15.6 Å². The maximum atomic E-state index is 12.7. The lowest BCUT2D eigenvalue weighted by Gasteiger charge is -2.06. The van der Waals surface area contributed by atoms with Crippen LogP contribution in [0.3, 0.4) is 0 Å². The summed E-state index contributed by atoms with van der Waals surface area (Å²) >= 11 is 9.59. The lowest BCUT2D eigenvalue weighted by Crippen LogP contribution is -2.21. The Morgan fingerprint density at radius 1 is 1.15 bits per heavy atom. The van der Waals surface area contributed by atoms with Crippen LogP contribution in [0.4, 0.5) is 0 Å². The van der Waals surface area contributed by atoms with Crippen LogP contribution in [0.2, 0.25) is 5.02 Å². The number of aromatic nitrogens is 5. The van der Waals surface area contributed by atoms with E-state index in [9.17, 15) is 4.79 Å². The number of fused-ring (bicyclic) bond motifs is 1. The SMILES string of the molecule is Cc1ccc(-n2nnc3c(=O)n(Cc4ccc(Br)cc4)cnc32)cc1Cl. The molecule has 0 spiro atoms. The van der Waals surface area contributed by atoms with Crippen molar-refractivity contribution in [3.8, 4) is 5.69 Å². The molecule has 6 nitrogen and oxygen atoms in total. The van der Waals surface area contributed by atoms with Crippen LogP contribution in [0, 0.1) is 6.92 Å². The van der Waals surface area contributed by atoms with E-state index in [2.05, 4.69) is 31.2 Å². The molecule has 0 aliphatic rings. The van der Waals surface area contributed by atoms with E-state index in [1.807, 2.05) is 43.3 Å². The summed E-state index contributed by atoms with van der Waals surface area (Å²) in [6.45, 7) is 2.34. The second-order valence-corrected chi connectivity index (χ2v) is 7.23. The van der Waals surface area contributed by atoms with E-state index in [-0.39, 0.29) is 11.1 Å². The van der Waals surface area contributed by atoms with Gasteiger partial charge in [0.1, 0.15) is 6.33 Å². The van der Waals surface area contributed by atoms with Gasteiger partial charge in [0.05, 0.1) is 12.2 Å². The highest BCUT2D eigenvalue weighted by Gasteiger charge is 2.14. The van der Waals surface area contributed by atoms with Gasteiger partial charge in [-0.25, -0.2) is 4.98 Å². The van der Waals surface area contributed by atoms with Gasteiger partial charge in [-0.2, -0.15) is 4.68 Å². The highest BCUT2D eigenvalue weighted by Crippen LogP contribution is 2.20. The normalized spacial score (nSPS) is 11.2. The molecule has 0 aliphatic heterocycles. The molecule has 2 heterocycles. The third kappa shape index (κ3) is 3.04. The third-order valence-electron chi connectivity index (χ3n) is 4.10. The molecule has 0 N–H and O–H groups in total. The molecule has 2 aromatic heterocycles. The average Bonchev–Trinajstić information content (AvgIpc) is 3.06. The minimum atomic E-state index is -0.234. The topological polar surface area (TPSA) is 65.6 Å². The summed E-state index contributed by atoms with van der Waals surface area (Å²) in [4.78, 5) is 17.1. The smallest absolute Gasteiger partial charge is 0.283 e. The van der Waals surface area contributed by atoms with Gasteiger partial charge in [0.2, 0.25) is 0 Å². The quantitative estimate of drug-likeness (QED) is 0.496. The molecule has 0 atom stereocenters. The fourth-order valence-electron chi connectivity index (χ4n) is 2.63. The Labute approximate surface area is 162 Å². The number of halogens is 2. The molecule has 0 unspecified atom stereocenters. The van der Waals surface area contributed by atoms with Crippen molar-refractivity contribution in [1.82, 2.24) is 24.5 Å². The van der Waals surface area contributed by atoms with Gasteiger partial charge in [-0.05, 0) is 42.3 Å². The van der Waals surface area contributed by atoms with Crippen molar-refractivity contribution in [2.24, 2.45) is 0 Å². The second-order valence-electron chi connectivity index (χ2n) is 5.91. The summed E-state index contributed by atoms with van der Waals surface area (Å²) in [5.74, 6) is 0. The van der Waals surface area contributed by atoms with Crippen molar-refractivity contribution in [3.63, 3.8) is 0 Å².